The largest absolute Gasteiger partial charge is 0.493 e. The van der Waals surface area contributed by atoms with Gasteiger partial charge in [-0.25, -0.2) is 13.9 Å². The minimum Gasteiger partial charge on any atom is -0.493 e. The lowest BCUT2D eigenvalue weighted by atomic mass is 10.1. The maximum absolute atomic E-state index is 13.7. The first kappa shape index (κ1) is 19.3. The maximum Gasteiger partial charge on any atom is 0.363 e. The highest BCUT2D eigenvalue weighted by atomic mass is 19.1. The van der Waals surface area contributed by atoms with Crippen LogP contribution >= 0.6 is 0 Å². The molecule has 30 heavy (non-hydrogen) atoms. The molecule has 4 aromatic rings. The van der Waals surface area contributed by atoms with Gasteiger partial charge in [-0.3, -0.25) is 0 Å². The normalized spacial score (nSPS) is 10.8. The van der Waals surface area contributed by atoms with Crippen molar-refractivity contribution in [2.45, 2.75) is 13.5 Å². The third kappa shape index (κ3) is 3.90. The Hall–Kier alpha value is -4.01. The molecule has 0 atom stereocenters. The van der Waals surface area contributed by atoms with Gasteiger partial charge < -0.3 is 14.0 Å². The molecule has 0 saturated heterocycles. The van der Waals surface area contributed by atoms with Crippen molar-refractivity contribution in [1.82, 2.24) is 19.9 Å². The van der Waals surface area contributed by atoms with E-state index < -0.39 is 5.97 Å². The zero-order valence-corrected chi connectivity index (χ0v) is 16.2. The van der Waals surface area contributed by atoms with Crippen molar-refractivity contribution in [1.29, 1.82) is 0 Å². The molecule has 0 spiro atoms. The van der Waals surface area contributed by atoms with Crippen LogP contribution in [0.15, 0.2) is 59.3 Å². The SMILES string of the molecule is COc1cn(-c2ccccc2)nc1C(=O)OCc1nc(-c2ccc(C)c(F)c2)no1. The van der Waals surface area contributed by atoms with E-state index >= 15 is 0 Å². The average molecular weight is 408 g/mol. The zero-order chi connectivity index (χ0) is 21.1. The van der Waals surface area contributed by atoms with Gasteiger partial charge in [-0.15, -0.1) is 0 Å². The summed E-state index contributed by atoms with van der Waals surface area (Å²) in [5.74, 6) is -0.536. The molecule has 9 heteroatoms. The quantitative estimate of drug-likeness (QED) is 0.449. The molecule has 8 nitrogen and oxygen atoms in total. The van der Waals surface area contributed by atoms with E-state index in [9.17, 15) is 9.18 Å². The highest BCUT2D eigenvalue weighted by Gasteiger charge is 2.21. The first-order chi connectivity index (χ1) is 14.5. The molecule has 0 aliphatic rings. The number of hydrogen-bond donors (Lipinski definition) is 0. The van der Waals surface area contributed by atoms with Crippen LogP contribution < -0.4 is 4.74 Å². The van der Waals surface area contributed by atoms with Crippen molar-refractivity contribution in [2.24, 2.45) is 0 Å². The Morgan fingerprint density at radius 1 is 1.20 bits per heavy atom. The molecule has 0 aliphatic carbocycles. The Morgan fingerprint density at radius 3 is 2.73 bits per heavy atom. The van der Waals surface area contributed by atoms with Crippen LogP contribution in [0.2, 0.25) is 0 Å². The molecule has 0 N–H and O–H groups in total. The van der Waals surface area contributed by atoms with Gasteiger partial charge in [0.1, 0.15) is 5.82 Å². The number of hydrogen-bond acceptors (Lipinski definition) is 7. The number of carbonyl (C=O) groups excluding carboxylic acids is 1. The number of ether oxygens (including phenoxy) is 2. The third-order valence-electron chi connectivity index (χ3n) is 4.34. The van der Waals surface area contributed by atoms with Crippen LogP contribution in [0.3, 0.4) is 0 Å². The van der Waals surface area contributed by atoms with Gasteiger partial charge in [0.15, 0.2) is 12.4 Å². The van der Waals surface area contributed by atoms with Gasteiger partial charge in [-0.1, -0.05) is 35.5 Å². The van der Waals surface area contributed by atoms with Gasteiger partial charge in [0.05, 0.1) is 19.0 Å². The van der Waals surface area contributed by atoms with Crippen molar-refractivity contribution in [3.8, 4) is 22.8 Å². The second-order valence-electron chi connectivity index (χ2n) is 6.38. The van der Waals surface area contributed by atoms with Crippen molar-refractivity contribution >= 4 is 5.97 Å². The molecular weight excluding hydrogens is 391 g/mol. The molecule has 0 aliphatic heterocycles. The third-order valence-corrected chi connectivity index (χ3v) is 4.34. The lowest BCUT2D eigenvalue weighted by Crippen LogP contribution is -2.08. The first-order valence-corrected chi connectivity index (χ1v) is 9.00. The smallest absolute Gasteiger partial charge is 0.363 e. The lowest BCUT2D eigenvalue weighted by Gasteiger charge is -2.01. The molecule has 0 unspecified atom stereocenters. The summed E-state index contributed by atoms with van der Waals surface area (Å²) >= 11 is 0. The summed E-state index contributed by atoms with van der Waals surface area (Å²) in [6.45, 7) is 1.40. The monoisotopic (exact) mass is 408 g/mol. The van der Waals surface area contributed by atoms with Gasteiger partial charge in [0.25, 0.3) is 5.89 Å². The molecule has 152 valence electrons. The van der Waals surface area contributed by atoms with Crippen LogP contribution in [-0.2, 0) is 11.3 Å². The van der Waals surface area contributed by atoms with Crippen LogP contribution in [0.25, 0.3) is 17.1 Å². The predicted molar refractivity (Wildman–Crippen MR) is 104 cm³/mol. The van der Waals surface area contributed by atoms with E-state index in [1.54, 1.807) is 25.3 Å². The van der Waals surface area contributed by atoms with Crippen molar-refractivity contribution in [3.05, 3.63) is 77.7 Å². The first-order valence-electron chi connectivity index (χ1n) is 9.00. The summed E-state index contributed by atoms with van der Waals surface area (Å²) in [4.78, 5) is 16.6. The van der Waals surface area contributed by atoms with Crippen LogP contribution in [0.5, 0.6) is 5.75 Å². The summed E-state index contributed by atoms with van der Waals surface area (Å²) in [6.07, 6.45) is 1.59. The minimum atomic E-state index is -0.706. The van der Waals surface area contributed by atoms with E-state index in [1.165, 1.54) is 17.9 Å². The van der Waals surface area contributed by atoms with E-state index in [0.717, 1.165) is 5.69 Å². The molecule has 0 bridgehead atoms. The standard InChI is InChI=1S/C21H17FN4O4/c1-13-8-9-14(10-16(13)22)20-23-18(30-25-20)12-29-21(27)19-17(28-2)11-26(24-19)15-6-4-3-5-7-15/h3-11H,12H2,1-2H3. The highest BCUT2D eigenvalue weighted by Crippen LogP contribution is 2.22. The molecule has 0 saturated carbocycles. The number of para-hydroxylation sites is 1. The van der Waals surface area contributed by atoms with Crippen LogP contribution in [-0.4, -0.2) is 33.0 Å². The van der Waals surface area contributed by atoms with Crippen LogP contribution in [0.4, 0.5) is 4.39 Å². The molecule has 4 rings (SSSR count). The van der Waals surface area contributed by atoms with Crippen LogP contribution in [0.1, 0.15) is 21.9 Å². The van der Waals surface area contributed by atoms with Gasteiger partial charge in [0.2, 0.25) is 11.5 Å². The number of halogens is 1. The van der Waals surface area contributed by atoms with Crippen LogP contribution in [0, 0.1) is 12.7 Å². The van der Waals surface area contributed by atoms with Crippen molar-refractivity contribution < 1.29 is 23.2 Å². The summed E-state index contributed by atoms with van der Waals surface area (Å²) in [6, 6.07) is 13.9. The minimum absolute atomic E-state index is 0.0155. The number of methoxy groups -OCH3 is 1. The number of rotatable bonds is 6. The molecule has 2 aromatic carbocycles. The van der Waals surface area contributed by atoms with E-state index in [-0.39, 0.29) is 35.6 Å². The van der Waals surface area contributed by atoms with Gasteiger partial charge in [-0.2, -0.15) is 10.1 Å². The average Bonchev–Trinajstić information content (AvgIpc) is 3.42. The van der Waals surface area contributed by atoms with E-state index in [1.807, 2.05) is 30.3 Å². The fraction of sp³-hybridized carbons (Fsp3) is 0.143. The lowest BCUT2D eigenvalue weighted by molar-refractivity contribution is 0.0419. The number of benzene rings is 2. The maximum atomic E-state index is 13.7. The Labute approximate surface area is 170 Å². The predicted octanol–water partition coefficient (Wildman–Crippen LogP) is 3.74. The van der Waals surface area contributed by atoms with E-state index in [4.69, 9.17) is 14.0 Å². The summed E-state index contributed by atoms with van der Waals surface area (Å²) in [7, 11) is 1.44. The topological polar surface area (TPSA) is 92.3 Å². The number of esters is 1. The van der Waals surface area contributed by atoms with Gasteiger partial charge in [0, 0.05) is 5.56 Å². The molecule has 0 fully saturated rings. The Morgan fingerprint density at radius 2 is 2.00 bits per heavy atom. The summed E-state index contributed by atoms with van der Waals surface area (Å²) < 4.78 is 30.8. The molecule has 2 heterocycles. The molecule has 0 amide bonds. The molecule has 0 radical (unpaired) electrons. The molecule has 2 aromatic heterocycles. The van der Waals surface area contributed by atoms with Crippen molar-refractivity contribution in [3.63, 3.8) is 0 Å². The molecular formula is C21H17FN4O4. The van der Waals surface area contributed by atoms with Crippen molar-refractivity contribution in [2.75, 3.05) is 7.11 Å². The van der Waals surface area contributed by atoms with E-state index in [0.29, 0.717) is 11.1 Å². The summed E-state index contributed by atoms with van der Waals surface area (Å²) in [5, 5.41) is 8.04. The van der Waals surface area contributed by atoms with Gasteiger partial charge >= 0.3 is 5.97 Å². The highest BCUT2D eigenvalue weighted by molar-refractivity contribution is 5.90. The second kappa shape index (κ2) is 8.16. The van der Waals surface area contributed by atoms with Gasteiger partial charge in [-0.05, 0) is 30.7 Å². The Bertz CT molecular complexity index is 1190. The Kier molecular flexibility index (Phi) is 5.25. The summed E-state index contributed by atoms with van der Waals surface area (Å²) in [5.41, 5.74) is 1.76. The zero-order valence-electron chi connectivity index (χ0n) is 16.2. The number of nitrogens with zero attached hydrogens (tertiary/aromatic N) is 4. The van der Waals surface area contributed by atoms with E-state index in [2.05, 4.69) is 15.2 Å². The number of carbonyl (C=O) groups is 1. The number of aryl methyl sites for hydroxylation is 1. The Balaban J connectivity index is 1.47. The fourth-order valence-electron chi connectivity index (χ4n) is 2.72. The number of aromatic nitrogens is 4. The second-order valence-corrected chi connectivity index (χ2v) is 6.38. The fourth-order valence-corrected chi connectivity index (χ4v) is 2.72.